The molecule has 0 saturated heterocycles. The van der Waals surface area contributed by atoms with E-state index in [2.05, 4.69) is 29.7 Å². The van der Waals surface area contributed by atoms with Gasteiger partial charge in [-0.05, 0) is 31.2 Å². The van der Waals surface area contributed by atoms with E-state index in [-0.39, 0.29) is 5.91 Å². The van der Waals surface area contributed by atoms with Gasteiger partial charge < -0.3 is 15.4 Å². The minimum absolute atomic E-state index is 0.113. The number of methoxy groups -OCH3 is 1. The fourth-order valence-electron chi connectivity index (χ4n) is 1.86. The first-order chi connectivity index (χ1) is 9.58. The van der Waals surface area contributed by atoms with Gasteiger partial charge >= 0.3 is 0 Å². The van der Waals surface area contributed by atoms with Crippen LogP contribution in [-0.4, -0.2) is 13.0 Å². The smallest absolute Gasteiger partial charge is 0.221 e. The highest BCUT2D eigenvalue weighted by Crippen LogP contribution is 2.28. The fraction of sp³-hybridized carbons (Fsp3) is 0.267. The minimum Gasteiger partial charge on any atom is -0.494 e. The van der Waals surface area contributed by atoms with Crippen molar-refractivity contribution < 1.29 is 9.53 Å². The molecule has 1 amide bonds. The third-order valence-corrected chi connectivity index (χ3v) is 3.78. The van der Waals surface area contributed by atoms with Gasteiger partial charge in [0.05, 0.1) is 12.8 Å². The number of hydrogen-bond donors (Lipinski definition) is 2. The molecule has 0 aliphatic heterocycles. The Kier molecular flexibility index (Phi) is 4.63. The summed E-state index contributed by atoms with van der Waals surface area (Å²) in [4.78, 5) is 13.7. The summed E-state index contributed by atoms with van der Waals surface area (Å²) >= 11 is 1.78. The van der Waals surface area contributed by atoms with Crippen LogP contribution < -0.4 is 15.4 Å². The lowest BCUT2D eigenvalue weighted by Crippen LogP contribution is -2.07. The van der Waals surface area contributed by atoms with E-state index in [1.807, 2.05) is 18.2 Å². The second kappa shape index (κ2) is 6.43. The average molecular weight is 290 g/mol. The van der Waals surface area contributed by atoms with Crippen LogP contribution in [-0.2, 0) is 11.3 Å². The van der Waals surface area contributed by atoms with Gasteiger partial charge in [0.1, 0.15) is 5.75 Å². The van der Waals surface area contributed by atoms with Gasteiger partial charge in [0.15, 0.2) is 0 Å². The molecular weight excluding hydrogens is 272 g/mol. The number of carbonyl (C=O) groups excluding carboxylic acids is 1. The summed E-state index contributed by atoms with van der Waals surface area (Å²) in [5, 5.41) is 6.09. The van der Waals surface area contributed by atoms with E-state index in [4.69, 9.17) is 4.74 Å². The zero-order valence-electron chi connectivity index (χ0n) is 11.8. The number of hydrogen-bond acceptors (Lipinski definition) is 4. The van der Waals surface area contributed by atoms with Crippen molar-refractivity contribution in [2.45, 2.75) is 20.4 Å². The Morgan fingerprint density at radius 1 is 1.30 bits per heavy atom. The van der Waals surface area contributed by atoms with Crippen molar-refractivity contribution in [3.05, 3.63) is 40.1 Å². The molecular formula is C15H18N2O2S. The first kappa shape index (κ1) is 14.4. The molecule has 1 aromatic heterocycles. The molecule has 4 nitrogen and oxygen atoms in total. The predicted octanol–water partition coefficient (Wildman–Crippen LogP) is 3.64. The summed E-state index contributed by atoms with van der Waals surface area (Å²) in [5.41, 5.74) is 1.64. The number of aryl methyl sites for hydroxylation is 1. The fourth-order valence-corrected chi connectivity index (χ4v) is 2.69. The molecule has 20 heavy (non-hydrogen) atoms. The minimum atomic E-state index is -0.113. The molecule has 0 bridgehead atoms. The van der Waals surface area contributed by atoms with Gasteiger partial charge in [0, 0.05) is 35.0 Å². The maximum Gasteiger partial charge on any atom is 0.221 e. The van der Waals surface area contributed by atoms with Gasteiger partial charge in [0.25, 0.3) is 0 Å². The van der Waals surface area contributed by atoms with Crippen molar-refractivity contribution >= 4 is 28.6 Å². The van der Waals surface area contributed by atoms with Gasteiger partial charge in [-0.15, -0.1) is 11.3 Å². The van der Waals surface area contributed by atoms with E-state index >= 15 is 0 Å². The molecule has 0 unspecified atom stereocenters. The number of ether oxygens (including phenoxy) is 1. The monoisotopic (exact) mass is 290 g/mol. The van der Waals surface area contributed by atoms with E-state index in [0.29, 0.717) is 11.4 Å². The third kappa shape index (κ3) is 3.74. The number of rotatable bonds is 5. The Morgan fingerprint density at radius 3 is 2.70 bits per heavy atom. The van der Waals surface area contributed by atoms with Crippen LogP contribution in [0.1, 0.15) is 16.7 Å². The summed E-state index contributed by atoms with van der Waals surface area (Å²) in [6, 6.07) is 9.88. The normalized spacial score (nSPS) is 10.2. The Morgan fingerprint density at radius 2 is 2.10 bits per heavy atom. The van der Waals surface area contributed by atoms with Gasteiger partial charge in [-0.3, -0.25) is 4.79 Å². The SMILES string of the molecule is COc1cc(NCc2ccc(C)s2)ccc1NC(C)=O. The molecule has 106 valence electrons. The highest BCUT2D eigenvalue weighted by atomic mass is 32.1. The standard InChI is InChI=1S/C15H18N2O2S/c1-10-4-6-13(20-10)9-16-12-5-7-14(17-11(2)18)15(8-12)19-3/h4-8,16H,9H2,1-3H3,(H,17,18). The number of thiophene rings is 1. The van der Waals surface area contributed by atoms with Crippen LogP contribution in [0.25, 0.3) is 0 Å². The summed E-state index contributed by atoms with van der Waals surface area (Å²) in [6.07, 6.45) is 0. The summed E-state index contributed by atoms with van der Waals surface area (Å²) in [5.74, 6) is 0.533. The Hall–Kier alpha value is -2.01. The molecule has 0 radical (unpaired) electrons. The van der Waals surface area contributed by atoms with Crippen LogP contribution in [0.4, 0.5) is 11.4 Å². The van der Waals surface area contributed by atoms with Crippen molar-refractivity contribution in [2.75, 3.05) is 17.7 Å². The summed E-state index contributed by atoms with van der Waals surface area (Å²) < 4.78 is 5.29. The largest absolute Gasteiger partial charge is 0.494 e. The Bertz CT molecular complexity index is 608. The zero-order valence-corrected chi connectivity index (χ0v) is 12.6. The van der Waals surface area contributed by atoms with Crippen molar-refractivity contribution in [1.82, 2.24) is 0 Å². The summed E-state index contributed by atoms with van der Waals surface area (Å²) in [7, 11) is 1.59. The number of carbonyl (C=O) groups is 1. The van der Waals surface area contributed by atoms with Gasteiger partial charge in [-0.1, -0.05) is 0 Å². The lowest BCUT2D eigenvalue weighted by molar-refractivity contribution is -0.114. The van der Waals surface area contributed by atoms with Gasteiger partial charge in [-0.2, -0.15) is 0 Å². The Balaban J connectivity index is 2.07. The van der Waals surface area contributed by atoms with Gasteiger partial charge in [-0.25, -0.2) is 0 Å². The predicted molar refractivity (Wildman–Crippen MR) is 83.7 cm³/mol. The third-order valence-electron chi connectivity index (χ3n) is 2.77. The molecule has 1 heterocycles. The van der Waals surface area contributed by atoms with E-state index in [1.54, 1.807) is 18.4 Å². The molecule has 5 heteroatoms. The number of anilines is 2. The second-order valence-corrected chi connectivity index (χ2v) is 5.83. The zero-order chi connectivity index (χ0) is 14.5. The van der Waals surface area contributed by atoms with Crippen LogP contribution in [0.3, 0.4) is 0 Å². The van der Waals surface area contributed by atoms with Crippen LogP contribution in [0, 0.1) is 6.92 Å². The van der Waals surface area contributed by atoms with Crippen molar-refractivity contribution in [3.8, 4) is 5.75 Å². The lowest BCUT2D eigenvalue weighted by atomic mass is 10.2. The Labute approximate surface area is 122 Å². The highest BCUT2D eigenvalue weighted by molar-refractivity contribution is 7.11. The molecule has 2 aromatic rings. The molecule has 2 N–H and O–H groups in total. The summed E-state index contributed by atoms with van der Waals surface area (Å²) in [6.45, 7) is 4.35. The number of nitrogens with one attached hydrogen (secondary N) is 2. The lowest BCUT2D eigenvalue weighted by Gasteiger charge is -2.12. The number of benzene rings is 1. The van der Waals surface area contributed by atoms with Gasteiger partial charge in [0.2, 0.25) is 5.91 Å². The van der Waals surface area contributed by atoms with Crippen LogP contribution >= 0.6 is 11.3 Å². The quantitative estimate of drug-likeness (QED) is 0.884. The molecule has 2 rings (SSSR count). The maximum atomic E-state index is 11.1. The van der Waals surface area contributed by atoms with E-state index in [1.165, 1.54) is 16.7 Å². The van der Waals surface area contributed by atoms with Crippen LogP contribution in [0.2, 0.25) is 0 Å². The molecule has 0 spiro atoms. The molecule has 0 atom stereocenters. The molecule has 1 aromatic carbocycles. The maximum absolute atomic E-state index is 11.1. The van der Waals surface area contributed by atoms with Crippen molar-refractivity contribution in [1.29, 1.82) is 0 Å². The van der Waals surface area contributed by atoms with Crippen molar-refractivity contribution in [3.63, 3.8) is 0 Å². The first-order valence-corrected chi connectivity index (χ1v) is 7.15. The number of amides is 1. The van der Waals surface area contributed by atoms with Crippen LogP contribution in [0.5, 0.6) is 5.75 Å². The average Bonchev–Trinajstić information content (AvgIpc) is 2.83. The molecule has 0 saturated carbocycles. The second-order valence-electron chi connectivity index (χ2n) is 4.46. The highest BCUT2D eigenvalue weighted by Gasteiger charge is 2.06. The first-order valence-electron chi connectivity index (χ1n) is 6.33. The van der Waals surface area contributed by atoms with E-state index in [9.17, 15) is 4.79 Å². The topological polar surface area (TPSA) is 50.4 Å². The molecule has 0 fully saturated rings. The molecule has 0 aliphatic rings. The van der Waals surface area contributed by atoms with E-state index < -0.39 is 0 Å². The van der Waals surface area contributed by atoms with E-state index in [0.717, 1.165) is 12.2 Å². The van der Waals surface area contributed by atoms with Crippen molar-refractivity contribution in [2.24, 2.45) is 0 Å². The molecule has 0 aliphatic carbocycles. The van der Waals surface area contributed by atoms with Crippen LogP contribution in [0.15, 0.2) is 30.3 Å².